The van der Waals surface area contributed by atoms with Gasteiger partial charge in [0.05, 0.1) is 13.2 Å². The highest BCUT2D eigenvalue weighted by Gasteiger charge is 2.11. The molecule has 0 aromatic heterocycles. The van der Waals surface area contributed by atoms with E-state index in [2.05, 4.69) is 0 Å². The molecule has 0 aromatic rings. The van der Waals surface area contributed by atoms with Gasteiger partial charge in [0, 0.05) is 36.6 Å². The minimum atomic E-state index is -0.240. The van der Waals surface area contributed by atoms with Gasteiger partial charge in [-0.1, -0.05) is 6.08 Å². The van der Waals surface area contributed by atoms with Crippen LogP contribution < -0.4 is 0 Å². The molecule has 0 fully saturated rings. The summed E-state index contributed by atoms with van der Waals surface area (Å²) in [5, 5.41) is -0.240. The van der Waals surface area contributed by atoms with E-state index in [0.29, 0.717) is 6.61 Å². The molecule has 13 heavy (non-hydrogen) atoms. The largest absolute Gasteiger partial charge is 0.449 e. The van der Waals surface area contributed by atoms with Gasteiger partial charge in [-0.2, -0.15) is 0 Å². The van der Waals surface area contributed by atoms with E-state index in [9.17, 15) is 4.79 Å². The molecule has 0 N–H and O–H groups in total. The quantitative estimate of drug-likeness (QED) is 0.423. The van der Waals surface area contributed by atoms with Crippen LogP contribution in [-0.4, -0.2) is 24.6 Å². The molecule has 0 bridgehead atoms. The summed E-state index contributed by atoms with van der Waals surface area (Å²) < 4.78 is 10.4. The maximum Gasteiger partial charge on any atom is 0.378 e. The van der Waals surface area contributed by atoms with Crippen LogP contribution in [0, 0.1) is 0 Å². The molecule has 1 unspecified atom stereocenters. The van der Waals surface area contributed by atoms with Crippen LogP contribution in [0.3, 0.4) is 0 Å². The Balaban J connectivity index is 2.37. The lowest BCUT2D eigenvalue weighted by atomic mass is 10.2. The molecule has 0 radical (unpaired) electrons. The molecule has 1 heterocycles. The van der Waals surface area contributed by atoms with Gasteiger partial charge in [-0.15, -0.1) is 0 Å². The monoisotopic (exact) mass is 314 g/mol. The standard InChI is InChI=1S/C8H11IO3S/c9-13-8(10)12-7-3-1-2-5-11-6-4-7/h1,3,7H,2,4-6H2/b3-1+. The molecule has 0 saturated carbocycles. The number of ether oxygens (including phenoxy) is 2. The van der Waals surface area contributed by atoms with Crippen LogP contribution in [0.25, 0.3) is 0 Å². The van der Waals surface area contributed by atoms with E-state index in [1.165, 1.54) is 0 Å². The van der Waals surface area contributed by atoms with Crippen molar-refractivity contribution in [2.24, 2.45) is 0 Å². The van der Waals surface area contributed by atoms with Crippen molar-refractivity contribution < 1.29 is 14.3 Å². The van der Waals surface area contributed by atoms with E-state index in [0.717, 1.165) is 28.4 Å². The molecule has 1 aliphatic heterocycles. The van der Waals surface area contributed by atoms with Crippen LogP contribution in [0.5, 0.6) is 0 Å². The molecule has 0 aromatic carbocycles. The number of carbonyl (C=O) groups is 1. The van der Waals surface area contributed by atoms with Gasteiger partial charge in [0.1, 0.15) is 6.10 Å². The Morgan fingerprint density at radius 3 is 3.23 bits per heavy atom. The van der Waals surface area contributed by atoms with Crippen molar-refractivity contribution >= 4 is 35.4 Å². The molecule has 0 spiro atoms. The molecular formula is C8H11IO3S. The van der Waals surface area contributed by atoms with Crippen LogP contribution in [0.2, 0.25) is 0 Å². The second kappa shape index (κ2) is 6.67. The summed E-state index contributed by atoms with van der Waals surface area (Å²) >= 11 is 1.91. The fourth-order valence-corrected chi connectivity index (χ4v) is 1.51. The van der Waals surface area contributed by atoms with Crippen LogP contribution >= 0.6 is 30.1 Å². The van der Waals surface area contributed by atoms with Gasteiger partial charge < -0.3 is 9.47 Å². The topological polar surface area (TPSA) is 35.5 Å². The third-order valence-electron chi connectivity index (χ3n) is 1.64. The zero-order valence-electron chi connectivity index (χ0n) is 7.07. The zero-order chi connectivity index (χ0) is 9.52. The molecule has 74 valence electrons. The lowest BCUT2D eigenvalue weighted by Crippen LogP contribution is -2.16. The first kappa shape index (κ1) is 11.3. The number of halogens is 1. The predicted octanol–water partition coefficient (Wildman–Crippen LogP) is 2.94. The SMILES string of the molecule is O=C(OC1/C=C/CCOCC1)SI. The highest BCUT2D eigenvalue weighted by Crippen LogP contribution is 2.17. The highest BCUT2D eigenvalue weighted by atomic mass is 127. The first-order valence-corrected chi connectivity index (χ1v) is 7.42. The molecule has 0 saturated heterocycles. The second-order valence-electron chi connectivity index (χ2n) is 2.60. The maximum absolute atomic E-state index is 10.9. The molecule has 5 heteroatoms. The Morgan fingerprint density at radius 1 is 1.62 bits per heavy atom. The highest BCUT2D eigenvalue weighted by molar-refractivity contribution is 14.2. The van der Waals surface area contributed by atoms with Gasteiger partial charge in [-0.05, 0) is 12.5 Å². The smallest absolute Gasteiger partial charge is 0.378 e. The van der Waals surface area contributed by atoms with Crippen molar-refractivity contribution in [3.63, 3.8) is 0 Å². The summed E-state index contributed by atoms with van der Waals surface area (Å²) in [6, 6.07) is 0. The van der Waals surface area contributed by atoms with Crippen molar-refractivity contribution in [2.75, 3.05) is 13.2 Å². The van der Waals surface area contributed by atoms with Crippen LogP contribution in [0.4, 0.5) is 4.79 Å². The fourth-order valence-electron chi connectivity index (χ4n) is 1.04. The predicted molar refractivity (Wildman–Crippen MR) is 61.1 cm³/mol. The van der Waals surface area contributed by atoms with Crippen LogP contribution in [0.15, 0.2) is 12.2 Å². The second-order valence-corrected chi connectivity index (χ2v) is 4.41. The molecule has 3 nitrogen and oxygen atoms in total. The first-order chi connectivity index (χ1) is 6.33. The Kier molecular flexibility index (Phi) is 5.81. The molecule has 1 atom stereocenters. The van der Waals surface area contributed by atoms with Crippen molar-refractivity contribution in [3.05, 3.63) is 12.2 Å². The lowest BCUT2D eigenvalue weighted by molar-refractivity contribution is 0.0860. The van der Waals surface area contributed by atoms with Crippen LogP contribution in [-0.2, 0) is 9.47 Å². The Hall–Kier alpha value is 0.250. The Bertz CT molecular complexity index is 196. The van der Waals surface area contributed by atoms with Gasteiger partial charge in [0.25, 0.3) is 0 Å². The Labute approximate surface area is 93.8 Å². The third-order valence-corrected chi connectivity index (χ3v) is 2.94. The zero-order valence-corrected chi connectivity index (χ0v) is 10.0. The first-order valence-electron chi connectivity index (χ1n) is 4.06. The number of carbonyl (C=O) groups excluding carboxylic acids is 1. The van der Waals surface area contributed by atoms with E-state index in [4.69, 9.17) is 9.47 Å². The summed E-state index contributed by atoms with van der Waals surface area (Å²) in [7, 11) is 1.06. The van der Waals surface area contributed by atoms with E-state index in [-0.39, 0.29) is 11.4 Å². The molecule has 0 amide bonds. The van der Waals surface area contributed by atoms with Gasteiger partial charge >= 0.3 is 5.30 Å². The van der Waals surface area contributed by atoms with E-state index < -0.39 is 0 Å². The summed E-state index contributed by atoms with van der Waals surface area (Å²) in [6.07, 6.45) is 5.46. The summed E-state index contributed by atoms with van der Waals surface area (Å²) in [5.41, 5.74) is 0. The fraction of sp³-hybridized carbons (Fsp3) is 0.625. The number of hydrogen-bond acceptors (Lipinski definition) is 4. The lowest BCUT2D eigenvalue weighted by Gasteiger charge is -2.15. The van der Waals surface area contributed by atoms with E-state index >= 15 is 0 Å². The van der Waals surface area contributed by atoms with E-state index in [1.807, 2.05) is 33.4 Å². The summed E-state index contributed by atoms with van der Waals surface area (Å²) in [6.45, 7) is 1.42. The van der Waals surface area contributed by atoms with Gasteiger partial charge in [-0.3, -0.25) is 0 Å². The average molecular weight is 314 g/mol. The maximum atomic E-state index is 10.9. The van der Waals surface area contributed by atoms with Crippen molar-refractivity contribution in [2.45, 2.75) is 18.9 Å². The molecule has 1 aliphatic rings. The Morgan fingerprint density at radius 2 is 2.46 bits per heavy atom. The molecular weight excluding hydrogens is 303 g/mol. The van der Waals surface area contributed by atoms with Crippen molar-refractivity contribution in [1.82, 2.24) is 0 Å². The minimum absolute atomic E-state index is 0.116. The average Bonchev–Trinajstić information content (AvgIpc) is 2.09. The molecule has 1 rings (SSSR count). The number of hydrogen-bond donors (Lipinski definition) is 0. The van der Waals surface area contributed by atoms with Gasteiger partial charge in [-0.25, -0.2) is 4.79 Å². The van der Waals surface area contributed by atoms with Crippen molar-refractivity contribution in [1.29, 1.82) is 0 Å². The normalized spacial score (nSPS) is 25.8. The van der Waals surface area contributed by atoms with Crippen molar-refractivity contribution in [3.8, 4) is 0 Å². The molecule has 0 aliphatic carbocycles. The third kappa shape index (κ3) is 4.87. The number of rotatable bonds is 1. The summed E-state index contributed by atoms with van der Waals surface area (Å²) in [5.74, 6) is 0. The van der Waals surface area contributed by atoms with Gasteiger partial charge in [0.15, 0.2) is 0 Å². The summed E-state index contributed by atoms with van der Waals surface area (Å²) in [4.78, 5) is 10.9. The van der Waals surface area contributed by atoms with Gasteiger partial charge in [0.2, 0.25) is 0 Å². The van der Waals surface area contributed by atoms with E-state index in [1.54, 1.807) is 0 Å². The minimum Gasteiger partial charge on any atom is -0.449 e. The van der Waals surface area contributed by atoms with Crippen LogP contribution in [0.1, 0.15) is 12.8 Å².